The lowest BCUT2D eigenvalue weighted by molar-refractivity contribution is 0.350. The van der Waals surface area contributed by atoms with E-state index >= 15 is 0 Å². The summed E-state index contributed by atoms with van der Waals surface area (Å²) in [6.07, 6.45) is 1.72. The lowest BCUT2D eigenvalue weighted by Gasteiger charge is -2.10. The van der Waals surface area contributed by atoms with Gasteiger partial charge in [-0.15, -0.1) is 0 Å². The van der Waals surface area contributed by atoms with E-state index in [1.165, 1.54) is 6.07 Å². The first-order valence-electron chi connectivity index (χ1n) is 5.69. The Hall–Kier alpha value is -1.26. The molecule has 1 aliphatic carbocycles. The maximum absolute atomic E-state index is 11.8. The van der Waals surface area contributed by atoms with Crippen molar-refractivity contribution in [1.29, 1.82) is 0 Å². The monoisotopic (exact) mass is 300 g/mol. The molecule has 5 nitrogen and oxygen atoms in total. The maximum Gasteiger partial charge on any atom is 0.299 e. The minimum Gasteiger partial charge on any atom is -0.384 e. The molecule has 1 aliphatic rings. The number of aliphatic hydroxyl groups is 1. The van der Waals surface area contributed by atoms with Crippen molar-refractivity contribution in [1.82, 2.24) is 4.72 Å². The Morgan fingerprint density at radius 1 is 1.42 bits per heavy atom. The molecule has 0 radical (unpaired) electrons. The second-order valence-electron chi connectivity index (χ2n) is 4.15. The van der Waals surface area contributed by atoms with Crippen LogP contribution in [0.4, 0.5) is 5.69 Å². The fourth-order valence-corrected chi connectivity index (χ4v) is 2.83. The average molecular weight is 301 g/mol. The van der Waals surface area contributed by atoms with Gasteiger partial charge in [0.25, 0.3) is 10.2 Å². The summed E-state index contributed by atoms with van der Waals surface area (Å²) in [6, 6.07) is 4.75. The first kappa shape index (κ1) is 14.2. The highest BCUT2D eigenvalue weighted by Crippen LogP contribution is 2.25. The van der Waals surface area contributed by atoms with Gasteiger partial charge in [-0.25, -0.2) is 0 Å². The van der Waals surface area contributed by atoms with E-state index in [4.69, 9.17) is 16.7 Å². The first-order chi connectivity index (χ1) is 9.00. The smallest absolute Gasteiger partial charge is 0.299 e. The zero-order valence-electron chi connectivity index (χ0n) is 9.98. The van der Waals surface area contributed by atoms with Gasteiger partial charge in [-0.1, -0.05) is 23.4 Å². The van der Waals surface area contributed by atoms with E-state index in [0.717, 1.165) is 12.8 Å². The third kappa shape index (κ3) is 4.40. The molecule has 0 spiro atoms. The summed E-state index contributed by atoms with van der Waals surface area (Å²) in [5.41, 5.74) is 0.835. The lowest BCUT2D eigenvalue weighted by atomic mass is 10.2. The van der Waals surface area contributed by atoms with Crippen molar-refractivity contribution in [2.45, 2.75) is 18.9 Å². The summed E-state index contributed by atoms with van der Waals surface area (Å²) in [5, 5.41) is 8.91. The van der Waals surface area contributed by atoms with Gasteiger partial charge in [0.05, 0.1) is 10.7 Å². The number of hydrogen-bond donors (Lipinski definition) is 3. The SMILES string of the molecule is O=S(=O)(Nc1cc(C#CCO)ccc1Cl)NC1CC1. The van der Waals surface area contributed by atoms with Gasteiger partial charge in [0.2, 0.25) is 0 Å². The molecule has 1 saturated carbocycles. The normalized spacial score (nSPS) is 14.6. The Morgan fingerprint density at radius 3 is 2.79 bits per heavy atom. The van der Waals surface area contributed by atoms with Gasteiger partial charge in [-0.3, -0.25) is 4.72 Å². The molecule has 0 saturated heterocycles. The average Bonchev–Trinajstić information content (AvgIpc) is 3.13. The van der Waals surface area contributed by atoms with Crippen LogP contribution in [-0.2, 0) is 10.2 Å². The van der Waals surface area contributed by atoms with Gasteiger partial charge >= 0.3 is 0 Å². The molecule has 0 aromatic heterocycles. The van der Waals surface area contributed by atoms with Crippen LogP contribution in [0.3, 0.4) is 0 Å². The Balaban J connectivity index is 2.18. The summed E-state index contributed by atoms with van der Waals surface area (Å²) >= 11 is 5.94. The van der Waals surface area contributed by atoms with Crippen molar-refractivity contribution in [3.8, 4) is 11.8 Å². The Kier molecular flexibility index (Phi) is 4.32. The number of nitrogens with one attached hydrogen (secondary N) is 2. The standard InChI is InChI=1S/C12H13ClN2O3S/c13-11-6-3-9(2-1-7-16)8-12(11)15-19(17,18)14-10-4-5-10/h3,6,8,10,14-16H,4-5,7H2. The van der Waals surface area contributed by atoms with Gasteiger partial charge in [-0.05, 0) is 31.0 Å². The molecule has 1 aromatic rings. The Morgan fingerprint density at radius 2 is 2.16 bits per heavy atom. The van der Waals surface area contributed by atoms with E-state index < -0.39 is 10.2 Å². The number of halogens is 1. The highest BCUT2D eigenvalue weighted by molar-refractivity contribution is 7.90. The first-order valence-corrected chi connectivity index (χ1v) is 7.55. The molecule has 0 bridgehead atoms. The third-order valence-corrected chi connectivity index (χ3v) is 3.88. The molecule has 102 valence electrons. The molecular formula is C12H13ClN2O3S. The van der Waals surface area contributed by atoms with Crippen LogP contribution in [0.5, 0.6) is 0 Å². The van der Waals surface area contributed by atoms with Crippen LogP contribution in [0, 0.1) is 11.8 Å². The number of hydrogen-bond acceptors (Lipinski definition) is 3. The summed E-state index contributed by atoms with van der Waals surface area (Å²) < 4.78 is 28.4. The van der Waals surface area contributed by atoms with Crippen molar-refractivity contribution in [3.63, 3.8) is 0 Å². The molecule has 2 rings (SSSR count). The van der Waals surface area contributed by atoms with Crippen LogP contribution in [0.25, 0.3) is 0 Å². The molecule has 1 aromatic carbocycles. The van der Waals surface area contributed by atoms with Crippen LogP contribution >= 0.6 is 11.6 Å². The van der Waals surface area contributed by atoms with Crippen molar-refractivity contribution in [2.24, 2.45) is 0 Å². The predicted octanol–water partition coefficient (Wildman–Crippen LogP) is 1.09. The Labute approximate surface area is 117 Å². The summed E-state index contributed by atoms with van der Waals surface area (Å²) in [7, 11) is -3.61. The Bertz CT molecular complexity index is 630. The number of aliphatic hydroxyl groups excluding tert-OH is 1. The van der Waals surface area contributed by atoms with E-state index in [2.05, 4.69) is 21.3 Å². The van der Waals surface area contributed by atoms with E-state index in [9.17, 15) is 8.42 Å². The number of benzene rings is 1. The van der Waals surface area contributed by atoms with Crippen molar-refractivity contribution in [3.05, 3.63) is 28.8 Å². The van der Waals surface area contributed by atoms with Gasteiger partial charge in [0.1, 0.15) is 6.61 Å². The molecule has 0 heterocycles. The third-order valence-electron chi connectivity index (χ3n) is 2.42. The molecule has 19 heavy (non-hydrogen) atoms. The van der Waals surface area contributed by atoms with E-state index in [1.54, 1.807) is 12.1 Å². The summed E-state index contributed by atoms with van der Waals surface area (Å²) in [5.74, 6) is 5.17. The molecule has 0 amide bonds. The van der Waals surface area contributed by atoms with Crippen molar-refractivity contribution >= 4 is 27.5 Å². The van der Waals surface area contributed by atoms with E-state index in [-0.39, 0.29) is 23.4 Å². The van der Waals surface area contributed by atoms with Crippen LogP contribution < -0.4 is 9.44 Å². The highest BCUT2D eigenvalue weighted by atomic mass is 35.5. The van der Waals surface area contributed by atoms with Crippen LogP contribution in [0.15, 0.2) is 18.2 Å². The van der Waals surface area contributed by atoms with Gasteiger partial charge < -0.3 is 5.11 Å². The zero-order chi connectivity index (χ0) is 13.9. The predicted molar refractivity (Wildman–Crippen MR) is 74.1 cm³/mol. The molecule has 1 fully saturated rings. The van der Waals surface area contributed by atoms with Crippen molar-refractivity contribution < 1.29 is 13.5 Å². The maximum atomic E-state index is 11.8. The van der Waals surface area contributed by atoms with Crippen LogP contribution in [-0.4, -0.2) is 26.2 Å². The molecule has 0 atom stereocenters. The fourth-order valence-electron chi connectivity index (χ4n) is 1.42. The second kappa shape index (κ2) is 5.80. The molecule has 0 unspecified atom stereocenters. The van der Waals surface area contributed by atoms with Crippen LogP contribution in [0.2, 0.25) is 5.02 Å². The van der Waals surface area contributed by atoms with E-state index in [0.29, 0.717) is 5.56 Å². The van der Waals surface area contributed by atoms with Gasteiger partial charge in [-0.2, -0.15) is 13.1 Å². The topological polar surface area (TPSA) is 78.4 Å². The number of anilines is 1. The fraction of sp³-hybridized carbons (Fsp3) is 0.333. The lowest BCUT2D eigenvalue weighted by Crippen LogP contribution is -2.31. The largest absolute Gasteiger partial charge is 0.384 e. The minimum atomic E-state index is -3.61. The summed E-state index contributed by atoms with van der Waals surface area (Å²) in [4.78, 5) is 0. The second-order valence-corrected chi connectivity index (χ2v) is 6.01. The molecular weight excluding hydrogens is 288 g/mol. The zero-order valence-corrected chi connectivity index (χ0v) is 11.6. The highest BCUT2D eigenvalue weighted by Gasteiger charge is 2.27. The molecule has 0 aliphatic heterocycles. The molecule has 3 N–H and O–H groups in total. The van der Waals surface area contributed by atoms with Gasteiger partial charge in [0.15, 0.2) is 0 Å². The summed E-state index contributed by atoms with van der Waals surface area (Å²) in [6.45, 7) is -0.257. The quantitative estimate of drug-likeness (QED) is 0.729. The van der Waals surface area contributed by atoms with Crippen molar-refractivity contribution in [2.75, 3.05) is 11.3 Å². The van der Waals surface area contributed by atoms with Gasteiger partial charge in [0, 0.05) is 11.6 Å². The minimum absolute atomic E-state index is 0.0219. The van der Waals surface area contributed by atoms with Crippen LogP contribution in [0.1, 0.15) is 18.4 Å². The van der Waals surface area contributed by atoms with E-state index in [1.807, 2.05) is 0 Å². The number of rotatable bonds is 4. The molecule has 7 heteroatoms.